The summed E-state index contributed by atoms with van der Waals surface area (Å²) in [6.45, 7) is 3.49. The maximum atomic E-state index is 11.9. The summed E-state index contributed by atoms with van der Waals surface area (Å²) < 4.78 is 4.88. The summed E-state index contributed by atoms with van der Waals surface area (Å²) in [5.41, 5.74) is 0. The molecule has 0 aliphatic carbocycles. The van der Waals surface area contributed by atoms with Crippen LogP contribution in [-0.2, 0) is 9.53 Å². The topological polar surface area (TPSA) is 70.7 Å². The highest BCUT2D eigenvalue weighted by atomic mass is 32.1. The zero-order chi connectivity index (χ0) is 18.5. The fourth-order valence-corrected chi connectivity index (χ4v) is 3.38. The predicted molar refractivity (Wildman–Crippen MR) is 102 cm³/mol. The Morgan fingerprint density at radius 2 is 1.96 bits per heavy atom. The van der Waals surface area contributed by atoms with E-state index in [4.69, 9.17) is 4.74 Å². The van der Waals surface area contributed by atoms with Crippen molar-refractivity contribution in [3.63, 3.8) is 0 Å². The Balaban J connectivity index is 2.08. The van der Waals surface area contributed by atoms with Crippen LogP contribution in [-0.4, -0.2) is 50.7 Å². The van der Waals surface area contributed by atoms with Crippen molar-refractivity contribution in [1.29, 1.82) is 0 Å². The van der Waals surface area contributed by atoms with Gasteiger partial charge < -0.3 is 20.3 Å². The van der Waals surface area contributed by atoms with Gasteiger partial charge in [-0.15, -0.1) is 11.3 Å². The molecule has 0 radical (unpaired) electrons. The monoisotopic (exact) mass is 369 g/mol. The average Bonchev–Trinajstić information content (AvgIpc) is 3.08. The molecule has 142 valence electrons. The van der Waals surface area contributed by atoms with Crippen LogP contribution >= 0.6 is 11.3 Å². The number of carbonyl (C=O) groups is 2. The molecule has 0 aliphatic rings. The quantitative estimate of drug-likeness (QED) is 0.439. The molecular weight excluding hydrogens is 338 g/mol. The summed E-state index contributed by atoms with van der Waals surface area (Å²) in [6.07, 6.45) is 4.21. The number of hydrogen-bond acceptors (Lipinski definition) is 5. The minimum absolute atomic E-state index is 0.124. The molecule has 25 heavy (non-hydrogen) atoms. The fraction of sp³-hybridized carbons (Fsp3) is 0.667. The molecule has 0 spiro atoms. The van der Waals surface area contributed by atoms with E-state index >= 15 is 0 Å². The number of carbonyl (C=O) groups excluding carboxylic acids is 2. The van der Waals surface area contributed by atoms with Gasteiger partial charge in [0.1, 0.15) is 0 Å². The van der Waals surface area contributed by atoms with Gasteiger partial charge in [-0.3, -0.25) is 4.79 Å². The fourth-order valence-electron chi connectivity index (χ4n) is 2.45. The van der Waals surface area contributed by atoms with Gasteiger partial charge in [-0.25, -0.2) is 4.79 Å². The highest BCUT2D eigenvalue weighted by Crippen LogP contribution is 2.22. The van der Waals surface area contributed by atoms with Crippen LogP contribution in [0.15, 0.2) is 17.5 Å². The van der Waals surface area contributed by atoms with Crippen LogP contribution in [0.1, 0.15) is 49.9 Å². The Labute approximate surface area is 154 Å². The third-order valence-corrected chi connectivity index (χ3v) is 4.82. The van der Waals surface area contributed by atoms with Gasteiger partial charge in [0.15, 0.2) is 0 Å². The maximum Gasteiger partial charge on any atom is 0.314 e. The minimum atomic E-state index is -0.130. The minimum Gasteiger partial charge on any atom is -0.466 e. The number of nitrogens with zero attached hydrogens (tertiary/aromatic N) is 1. The number of rotatable bonds is 12. The number of thiophene rings is 1. The number of nitrogens with one attached hydrogen (secondary N) is 2. The molecule has 2 N–H and O–H groups in total. The predicted octanol–water partition coefficient (Wildman–Crippen LogP) is 3.16. The number of likely N-dealkylation sites (N-methyl/N-ethyl adjacent to an activating group) is 1. The van der Waals surface area contributed by atoms with Crippen molar-refractivity contribution in [3.05, 3.63) is 22.4 Å². The second kappa shape index (κ2) is 12.7. The van der Waals surface area contributed by atoms with Gasteiger partial charge in [0.05, 0.1) is 12.6 Å². The van der Waals surface area contributed by atoms with Gasteiger partial charge in [-0.05, 0) is 45.3 Å². The molecule has 0 saturated carbocycles. The van der Waals surface area contributed by atoms with Crippen LogP contribution < -0.4 is 10.6 Å². The number of hydrogen-bond donors (Lipinski definition) is 2. The van der Waals surface area contributed by atoms with Crippen molar-refractivity contribution in [3.8, 4) is 0 Å². The molecule has 1 unspecified atom stereocenters. The zero-order valence-electron chi connectivity index (χ0n) is 15.5. The van der Waals surface area contributed by atoms with Crippen molar-refractivity contribution in [2.45, 2.75) is 45.1 Å². The summed E-state index contributed by atoms with van der Waals surface area (Å²) in [5.74, 6) is -0.124. The first-order chi connectivity index (χ1) is 12.0. The third kappa shape index (κ3) is 9.45. The normalized spacial score (nSPS) is 12.0. The first-order valence-electron chi connectivity index (χ1n) is 8.91. The van der Waals surface area contributed by atoms with Crippen molar-refractivity contribution < 1.29 is 14.3 Å². The van der Waals surface area contributed by atoms with E-state index in [2.05, 4.69) is 21.6 Å². The lowest BCUT2D eigenvalue weighted by atomic mass is 10.1. The first-order valence-corrected chi connectivity index (χ1v) is 9.79. The Morgan fingerprint density at radius 3 is 2.60 bits per heavy atom. The molecule has 1 aromatic rings. The lowest BCUT2D eigenvalue weighted by molar-refractivity contribution is -0.143. The summed E-state index contributed by atoms with van der Waals surface area (Å²) in [6, 6.07) is 4.17. The number of unbranched alkanes of at least 4 members (excludes halogenated alkanes) is 3. The third-order valence-electron chi connectivity index (χ3n) is 3.85. The highest BCUT2D eigenvalue weighted by molar-refractivity contribution is 7.10. The van der Waals surface area contributed by atoms with E-state index < -0.39 is 0 Å². The molecule has 1 atom stereocenters. The van der Waals surface area contributed by atoms with Crippen LogP contribution in [0.25, 0.3) is 0 Å². The Morgan fingerprint density at radius 1 is 1.20 bits per heavy atom. The van der Waals surface area contributed by atoms with Gasteiger partial charge in [-0.1, -0.05) is 18.9 Å². The average molecular weight is 370 g/mol. The summed E-state index contributed by atoms with van der Waals surface area (Å²) in [5, 5.41) is 7.87. The largest absolute Gasteiger partial charge is 0.466 e. The zero-order valence-corrected chi connectivity index (χ0v) is 16.4. The van der Waals surface area contributed by atoms with Crippen molar-refractivity contribution in [1.82, 2.24) is 15.5 Å². The molecule has 7 heteroatoms. The lowest BCUT2D eigenvalue weighted by Gasteiger charge is -2.23. The summed E-state index contributed by atoms with van der Waals surface area (Å²) >= 11 is 1.70. The van der Waals surface area contributed by atoms with E-state index in [0.717, 1.165) is 25.7 Å². The molecule has 0 bridgehead atoms. The van der Waals surface area contributed by atoms with Crippen LogP contribution in [0.5, 0.6) is 0 Å². The number of urea groups is 1. The van der Waals surface area contributed by atoms with Gasteiger partial charge in [0, 0.05) is 24.4 Å². The molecule has 6 nitrogen and oxygen atoms in total. The summed E-state index contributed by atoms with van der Waals surface area (Å²) in [7, 11) is 4.03. The van der Waals surface area contributed by atoms with Crippen molar-refractivity contribution in [2.24, 2.45) is 0 Å². The summed E-state index contributed by atoms with van der Waals surface area (Å²) in [4.78, 5) is 26.4. The van der Waals surface area contributed by atoms with Crippen LogP contribution in [0, 0.1) is 0 Å². The van der Waals surface area contributed by atoms with Gasteiger partial charge in [0.25, 0.3) is 0 Å². The first kappa shape index (κ1) is 21.4. The SMILES string of the molecule is CCOC(=O)CCCCCCNC(=O)NCC(c1cccs1)N(C)C. The highest BCUT2D eigenvalue weighted by Gasteiger charge is 2.15. The molecule has 0 fully saturated rings. The number of amides is 2. The number of ether oxygens (including phenoxy) is 1. The van der Waals surface area contributed by atoms with Gasteiger partial charge in [0.2, 0.25) is 0 Å². The van der Waals surface area contributed by atoms with E-state index in [1.807, 2.05) is 32.5 Å². The molecular formula is C18H31N3O3S. The van der Waals surface area contributed by atoms with E-state index in [1.165, 1.54) is 4.88 Å². The molecule has 1 heterocycles. The Bertz CT molecular complexity index is 492. The lowest BCUT2D eigenvalue weighted by Crippen LogP contribution is -2.40. The number of esters is 1. The second-order valence-corrected chi connectivity index (χ2v) is 7.08. The van der Waals surface area contributed by atoms with E-state index in [-0.39, 0.29) is 18.0 Å². The molecule has 1 rings (SSSR count). The van der Waals surface area contributed by atoms with Crippen LogP contribution in [0.2, 0.25) is 0 Å². The van der Waals surface area contributed by atoms with Gasteiger partial charge in [-0.2, -0.15) is 0 Å². The van der Waals surface area contributed by atoms with Crippen molar-refractivity contribution >= 4 is 23.3 Å². The maximum absolute atomic E-state index is 11.9. The van der Waals surface area contributed by atoms with E-state index in [1.54, 1.807) is 11.3 Å². The van der Waals surface area contributed by atoms with Gasteiger partial charge >= 0.3 is 12.0 Å². The van der Waals surface area contributed by atoms with Crippen molar-refractivity contribution in [2.75, 3.05) is 33.8 Å². The Kier molecular flexibility index (Phi) is 10.9. The smallest absolute Gasteiger partial charge is 0.314 e. The molecule has 2 amide bonds. The van der Waals surface area contributed by atoms with Crippen LogP contribution in [0.3, 0.4) is 0 Å². The Hall–Kier alpha value is -1.60. The van der Waals surface area contributed by atoms with E-state index in [9.17, 15) is 9.59 Å². The molecule has 0 aromatic carbocycles. The second-order valence-electron chi connectivity index (χ2n) is 6.10. The van der Waals surface area contributed by atoms with E-state index in [0.29, 0.717) is 26.1 Å². The molecule has 0 saturated heterocycles. The standard InChI is InChI=1S/C18H31N3O3S/c1-4-24-17(22)11-7-5-6-8-12-19-18(23)20-14-15(21(2)3)16-10-9-13-25-16/h9-10,13,15H,4-8,11-12,14H2,1-3H3,(H2,19,20,23). The van der Waals surface area contributed by atoms with Crippen LogP contribution in [0.4, 0.5) is 4.79 Å². The molecule has 1 aromatic heterocycles. The molecule has 0 aliphatic heterocycles.